The zero-order chi connectivity index (χ0) is 17.8. The molecule has 0 aromatic carbocycles. The molecule has 2 fully saturated rings. The molecule has 0 radical (unpaired) electrons. The Morgan fingerprint density at radius 3 is 2.17 bits per heavy atom. The summed E-state index contributed by atoms with van der Waals surface area (Å²) in [5.41, 5.74) is 4.11. The molecule has 132 valence electrons. The summed E-state index contributed by atoms with van der Waals surface area (Å²) in [6.07, 6.45) is 2.93. The second-order valence-electron chi connectivity index (χ2n) is 9.41. The standard InChI is InChI=1S/C18H32N2O3/c1-16(2,3)13(19)14(21)20-10-11-8-7-9-12(11)18(20,15(22)23)17(4,5)6/h11-13H,7-10,19H2,1-6H3,(H,22,23)/t11-,12-,13?,18+/m0/s1. The number of fused-ring (bicyclic) bond motifs is 1. The van der Waals surface area contributed by atoms with Crippen LogP contribution in [0.5, 0.6) is 0 Å². The Morgan fingerprint density at radius 2 is 1.74 bits per heavy atom. The van der Waals surface area contributed by atoms with Gasteiger partial charge in [0.25, 0.3) is 0 Å². The van der Waals surface area contributed by atoms with Crippen molar-refractivity contribution < 1.29 is 14.7 Å². The van der Waals surface area contributed by atoms with E-state index in [4.69, 9.17) is 5.73 Å². The molecule has 4 atom stereocenters. The maximum atomic E-state index is 13.1. The van der Waals surface area contributed by atoms with Crippen LogP contribution in [0.1, 0.15) is 60.8 Å². The van der Waals surface area contributed by atoms with Crippen molar-refractivity contribution in [3.63, 3.8) is 0 Å². The number of hydrogen-bond acceptors (Lipinski definition) is 3. The molecule has 0 aromatic heterocycles. The second kappa shape index (κ2) is 5.47. The van der Waals surface area contributed by atoms with Crippen LogP contribution in [0.3, 0.4) is 0 Å². The Labute approximate surface area is 139 Å². The fourth-order valence-corrected chi connectivity index (χ4v) is 4.74. The van der Waals surface area contributed by atoms with Crippen molar-refractivity contribution in [1.29, 1.82) is 0 Å². The maximum Gasteiger partial charge on any atom is 0.330 e. The number of amides is 1. The summed E-state index contributed by atoms with van der Waals surface area (Å²) < 4.78 is 0. The minimum Gasteiger partial charge on any atom is -0.479 e. The van der Waals surface area contributed by atoms with Crippen molar-refractivity contribution in [3.8, 4) is 0 Å². The molecular formula is C18H32N2O3. The molecule has 3 N–H and O–H groups in total. The summed E-state index contributed by atoms with van der Waals surface area (Å²) in [5.74, 6) is -0.796. The Hall–Kier alpha value is -1.10. The number of nitrogens with two attached hydrogens (primary N) is 1. The fraction of sp³-hybridized carbons (Fsp3) is 0.889. The minimum absolute atomic E-state index is 0.0242. The molecule has 1 amide bonds. The molecule has 1 aliphatic heterocycles. The highest BCUT2D eigenvalue weighted by molar-refractivity contribution is 5.92. The normalized spacial score (nSPS) is 32.7. The van der Waals surface area contributed by atoms with E-state index in [-0.39, 0.29) is 17.7 Å². The van der Waals surface area contributed by atoms with Gasteiger partial charge in [-0.05, 0) is 35.5 Å². The first-order valence-corrected chi connectivity index (χ1v) is 8.65. The van der Waals surface area contributed by atoms with Crippen molar-refractivity contribution in [2.75, 3.05) is 6.54 Å². The van der Waals surface area contributed by atoms with Gasteiger partial charge in [0.2, 0.25) is 5.91 Å². The van der Waals surface area contributed by atoms with Gasteiger partial charge in [0, 0.05) is 6.54 Å². The Bertz CT molecular complexity index is 503. The molecule has 1 aliphatic carbocycles. The largest absolute Gasteiger partial charge is 0.479 e. The van der Waals surface area contributed by atoms with Gasteiger partial charge < -0.3 is 15.7 Å². The highest BCUT2D eigenvalue weighted by Gasteiger charge is 2.67. The number of carboxylic acids is 1. The molecule has 0 aromatic rings. The van der Waals surface area contributed by atoms with E-state index in [2.05, 4.69) is 0 Å². The highest BCUT2D eigenvalue weighted by Crippen LogP contribution is 2.56. The first kappa shape index (κ1) is 18.2. The van der Waals surface area contributed by atoms with Crippen molar-refractivity contribution in [3.05, 3.63) is 0 Å². The third-order valence-electron chi connectivity index (χ3n) is 5.97. The number of carbonyl (C=O) groups excluding carboxylic acids is 1. The summed E-state index contributed by atoms with van der Waals surface area (Å²) in [6.45, 7) is 12.1. The number of hydrogen-bond donors (Lipinski definition) is 2. The van der Waals surface area contributed by atoms with E-state index in [1.165, 1.54) is 0 Å². The summed E-state index contributed by atoms with van der Waals surface area (Å²) in [5, 5.41) is 10.2. The van der Waals surface area contributed by atoms with Gasteiger partial charge in [0.05, 0.1) is 6.04 Å². The monoisotopic (exact) mass is 324 g/mol. The van der Waals surface area contributed by atoms with E-state index in [1.807, 2.05) is 41.5 Å². The van der Waals surface area contributed by atoms with Gasteiger partial charge in [-0.2, -0.15) is 0 Å². The van der Waals surface area contributed by atoms with Crippen LogP contribution in [0.2, 0.25) is 0 Å². The predicted molar refractivity (Wildman–Crippen MR) is 89.8 cm³/mol. The topological polar surface area (TPSA) is 83.6 Å². The summed E-state index contributed by atoms with van der Waals surface area (Å²) in [6, 6.07) is -0.692. The van der Waals surface area contributed by atoms with Crippen molar-refractivity contribution in [2.24, 2.45) is 28.4 Å². The van der Waals surface area contributed by atoms with Crippen molar-refractivity contribution >= 4 is 11.9 Å². The zero-order valence-electron chi connectivity index (χ0n) is 15.3. The Kier molecular flexibility index (Phi) is 4.34. The number of carbonyl (C=O) groups is 2. The zero-order valence-corrected chi connectivity index (χ0v) is 15.3. The van der Waals surface area contributed by atoms with Crippen LogP contribution >= 0.6 is 0 Å². The van der Waals surface area contributed by atoms with Gasteiger partial charge >= 0.3 is 5.97 Å². The van der Waals surface area contributed by atoms with Gasteiger partial charge in [-0.3, -0.25) is 4.79 Å². The molecule has 1 saturated carbocycles. The van der Waals surface area contributed by atoms with Gasteiger partial charge in [0.1, 0.15) is 5.54 Å². The average molecular weight is 324 g/mol. The van der Waals surface area contributed by atoms with Gasteiger partial charge in [-0.15, -0.1) is 0 Å². The number of likely N-dealkylation sites (tertiary alicyclic amines) is 1. The lowest BCUT2D eigenvalue weighted by molar-refractivity contribution is -0.170. The van der Waals surface area contributed by atoms with Crippen LogP contribution in [0, 0.1) is 22.7 Å². The Morgan fingerprint density at radius 1 is 1.17 bits per heavy atom. The SMILES string of the molecule is CC(C)(C)C(N)C(=O)N1C[C@@H]2CCC[C@@H]2[C@@]1(C(=O)O)C(C)(C)C. The molecule has 5 nitrogen and oxygen atoms in total. The minimum atomic E-state index is -1.16. The summed E-state index contributed by atoms with van der Waals surface area (Å²) in [4.78, 5) is 27.2. The lowest BCUT2D eigenvalue weighted by Crippen LogP contribution is -2.67. The lowest BCUT2D eigenvalue weighted by atomic mass is 9.65. The molecule has 2 rings (SSSR count). The van der Waals surface area contributed by atoms with Gasteiger partial charge in [-0.1, -0.05) is 48.0 Å². The van der Waals surface area contributed by atoms with E-state index in [0.29, 0.717) is 6.54 Å². The quantitative estimate of drug-likeness (QED) is 0.817. The number of rotatable bonds is 2. The number of carboxylic acid groups (broad SMARTS) is 1. The van der Waals surface area contributed by atoms with E-state index in [9.17, 15) is 14.7 Å². The fourth-order valence-electron chi connectivity index (χ4n) is 4.74. The third kappa shape index (κ3) is 2.57. The molecule has 2 aliphatic rings. The summed E-state index contributed by atoms with van der Waals surface area (Å²) in [7, 11) is 0. The van der Waals surface area contributed by atoms with Gasteiger partial charge in [0.15, 0.2) is 0 Å². The first-order valence-electron chi connectivity index (χ1n) is 8.65. The third-order valence-corrected chi connectivity index (χ3v) is 5.97. The molecule has 1 saturated heterocycles. The molecular weight excluding hydrogens is 292 g/mol. The highest BCUT2D eigenvalue weighted by atomic mass is 16.4. The molecule has 1 unspecified atom stereocenters. The maximum absolute atomic E-state index is 13.1. The molecule has 23 heavy (non-hydrogen) atoms. The summed E-state index contributed by atoms with van der Waals surface area (Å²) >= 11 is 0. The van der Waals surface area contributed by atoms with Crippen LogP contribution in [0.4, 0.5) is 0 Å². The van der Waals surface area contributed by atoms with E-state index in [1.54, 1.807) is 4.90 Å². The second-order valence-corrected chi connectivity index (χ2v) is 9.41. The Balaban J connectivity index is 2.53. The van der Waals surface area contributed by atoms with Crippen molar-refractivity contribution in [2.45, 2.75) is 72.4 Å². The van der Waals surface area contributed by atoms with Gasteiger partial charge in [-0.25, -0.2) is 4.79 Å². The lowest BCUT2D eigenvalue weighted by Gasteiger charge is -2.49. The molecule has 0 bridgehead atoms. The van der Waals surface area contributed by atoms with Crippen LogP contribution in [-0.4, -0.2) is 40.0 Å². The van der Waals surface area contributed by atoms with Crippen LogP contribution in [-0.2, 0) is 9.59 Å². The number of aliphatic carboxylic acids is 1. The average Bonchev–Trinajstić information content (AvgIpc) is 2.92. The number of nitrogens with zero attached hydrogens (tertiary/aromatic N) is 1. The smallest absolute Gasteiger partial charge is 0.330 e. The predicted octanol–water partition coefficient (Wildman–Crippen LogP) is 2.49. The van der Waals surface area contributed by atoms with E-state index in [0.717, 1.165) is 19.3 Å². The van der Waals surface area contributed by atoms with Crippen LogP contribution in [0.15, 0.2) is 0 Å². The molecule has 5 heteroatoms. The van der Waals surface area contributed by atoms with Crippen LogP contribution in [0.25, 0.3) is 0 Å². The van der Waals surface area contributed by atoms with E-state index >= 15 is 0 Å². The van der Waals surface area contributed by atoms with Crippen molar-refractivity contribution in [1.82, 2.24) is 4.90 Å². The molecule has 0 spiro atoms. The molecule has 1 heterocycles. The van der Waals surface area contributed by atoms with Crippen LogP contribution < -0.4 is 5.73 Å². The first-order chi connectivity index (χ1) is 10.3. The van der Waals surface area contributed by atoms with E-state index < -0.39 is 28.4 Å².